The van der Waals surface area contributed by atoms with Gasteiger partial charge in [-0.1, -0.05) is 170 Å². The smallest absolute Gasteiger partial charge is 0.160 e. The molecule has 0 atom stereocenters. The van der Waals surface area contributed by atoms with Gasteiger partial charge in [0.15, 0.2) is 5.82 Å². The molecule has 0 bridgehead atoms. The summed E-state index contributed by atoms with van der Waals surface area (Å²) in [5.41, 5.74) is 10.3. The van der Waals surface area contributed by atoms with E-state index in [4.69, 9.17) is 15.0 Å². The Morgan fingerprint density at radius 3 is 1.59 bits per heavy atom. The Kier molecular flexibility index (Phi) is 7.72. The van der Waals surface area contributed by atoms with Crippen LogP contribution >= 0.6 is 11.3 Å². The molecule has 274 valence electrons. The number of thiophene rings is 1. The Balaban J connectivity index is 0.960. The molecule has 0 saturated carbocycles. The minimum absolute atomic E-state index is 0.703. The van der Waals surface area contributed by atoms with E-state index in [0.29, 0.717) is 5.82 Å². The Morgan fingerprint density at radius 1 is 0.305 bits per heavy atom. The zero-order valence-electron chi connectivity index (χ0n) is 31.8. The zero-order chi connectivity index (χ0) is 38.9. The summed E-state index contributed by atoms with van der Waals surface area (Å²) in [4.78, 5) is 15.6. The maximum atomic E-state index is 5.26. The van der Waals surface area contributed by atoms with Crippen LogP contribution in [-0.4, -0.2) is 15.0 Å². The maximum absolute atomic E-state index is 5.26. The van der Waals surface area contributed by atoms with Gasteiger partial charge in [0.25, 0.3) is 0 Å². The van der Waals surface area contributed by atoms with Gasteiger partial charge in [0.05, 0.1) is 27.3 Å². The number of para-hydroxylation sites is 1. The predicted octanol–water partition coefficient (Wildman–Crippen LogP) is 15.2. The molecule has 12 rings (SSSR count). The van der Waals surface area contributed by atoms with Gasteiger partial charge < -0.3 is 0 Å². The molecule has 0 aliphatic carbocycles. The van der Waals surface area contributed by atoms with Crippen LogP contribution in [0.15, 0.2) is 200 Å². The van der Waals surface area contributed by atoms with Crippen molar-refractivity contribution < 1.29 is 0 Å². The molecule has 59 heavy (non-hydrogen) atoms. The molecular weight excluding hydrogens is 735 g/mol. The third kappa shape index (κ3) is 5.60. The minimum Gasteiger partial charge on any atom is -0.246 e. The highest BCUT2D eigenvalue weighted by molar-refractivity contribution is 7.26. The first kappa shape index (κ1) is 33.6. The number of pyridine rings is 1. The summed E-state index contributed by atoms with van der Waals surface area (Å²) in [7, 11) is 0. The van der Waals surface area contributed by atoms with E-state index in [1.54, 1.807) is 0 Å². The fourth-order valence-corrected chi connectivity index (χ4v) is 10.1. The van der Waals surface area contributed by atoms with Crippen LogP contribution in [0.1, 0.15) is 0 Å². The van der Waals surface area contributed by atoms with Gasteiger partial charge in [0.1, 0.15) is 0 Å². The molecule has 0 spiro atoms. The van der Waals surface area contributed by atoms with Crippen molar-refractivity contribution in [2.24, 2.45) is 0 Å². The van der Waals surface area contributed by atoms with Crippen molar-refractivity contribution >= 4 is 74.7 Å². The number of benzene rings is 9. The number of hydrogen-bond donors (Lipinski definition) is 0. The van der Waals surface area contributed by atoms with Gasteiger partial charge in [-0.05, 0) is 73.8 Å². The first-order valence-electron chi connectivity index (χ1n) is 19.9. The molecule has 0 saturated heterocycles. The monoisotopic (exact) mass is 767 g/mol. The van der Waals surface area contributed by atoms with Crippen molar-refractivity contribution in [3.05, 3.63) is 200 Å². The minimum atomic E-state index is 0.703. The number of hydrogen-bond acceptors (Lipinski definition) is 4. The van der Waals surface area contributed by atoms with Crippen molar-refractivity contribution in [2.45, 2.75) is 0 Å². The SMILES string of the molecule is c1ccc(-c2nc(-c3ccc(-c4cccc(-c5nc6ccccc6c6c5sc5ccccc56)c4)cc3)cc(-c3ccc4c5ccccc5c5ccccc5c4c3)n2)cc1. The normalized spacial score (nSPS) is 11.7. The lowest BCUT2D eigenvalue weighted by molar-refractivity contribution is 1.18. The second-order valence-corrected chi connectivity index (χ2v) is 16.2. The van der Waals surface area contributed by atoms with E-state index in [2.05, 4.69) is 182 Å². The molecule has 4 heteroatoms. The topological polar surface area (TPSA) is 38.7 Å². The number of aromatic nitrogens is 3. The highest BCUT2D eigenvalue weighted by Crippen LogP contribution is 2.43. The lowest BCUT2D eigenvalue weighted by atomic mass is 9.92. The zero-order valence-corrected chi connectivity index (χ0v) is 32.6. The molecule has 3 heterocycles. The lowest BCUT2D eigenvalue weighted by Gasteiger charge is -2.13. The van der Waals surface area contributed by atoms with Crippen LogP contribution in [0.2, 0.25) is 0 Å². The molecule has 3 aromatic heterocycles. The molecule has 0 N–H and O–H groups in total. The average Bonchev–Trinajstić information content (AvgIpc) is 3.72. The van der Waals surface area contributed by atoms with Crippen LogP contribution < -0.4 is 0 Å². The van der Waals surface area contributed by atoms with E-state index in [9.17, 15) is 0 Å². The highest BCUT2D eigenvalue weighted by atomic mass is 32.1. The molecule has 3 nitrogen and oxygen atoms in total. The first-order valence-corrected chi connectivity index (χ1v) is 20.7. The molecule has 0 unspecified atom stereocenters. The molecular formula is C55H33N3S. The Morgan fingerprint density at radius 2 is 0.847 bits per heavy atom. The Hall–Kier alpha value is -7.53. The van der Waals surface area contributed by atoms with Crippen LogP contribution in [0.3, 0.4) is 0 Å². The second kappa shape index (κ2) is 13.6. The molecule has 0 amide bonds. The maximum Gasteiger partial charge on any atom is 0.160 e. The van der Waals surface area contributed by atoms with Gasteiger partial charge in [0.2, 0.25) is 0 Å². The van der Waals surface area contributed by atoms with E-state index in [-0.39, 0.29) is 0 Å². The first-order chi connectivity index (χ1) is 29.2. The summed E-state index contributed by atoms with van der Waals surface area (Å²) in [5, 5.41) is 11.2. The van der Waals surface area contributed by atoms with Crippen molar-refractivity contribution in [1.82, 2.24) is 15.0 Å². The summed E-state index contributed by atoms with van der Waals surface area (Å²) in [5.74, 6) is 0.703. The predicted molar refractivity (Wildman–Crippen MR) is 250 cm³/mol. The van der Waals surface area contributed by atoms with Gasteiger partial charge in [0, 0.05) is 43.1 Å². The number of fused-ring (bicyclic) bond motifs is 11. The van der Waals surface area contributed by atoms with Gasteiger partial charge in [-0.3, -0.25) is 0 Å². The quantitative estimate of drug-likeness (QED) is 0.164. The van der Waals surface area contributed by atoms with Crippen LogP contribution in [0.25, 0.3) is 120 Å². The van der Waals surface area contributed by atoms with E-state index in [1.165, 1.54) is 57.9 Å². The summed E-state index contributed by atoms with van der Waals surface area (Å²) in [6, 6.07) is 71.3. The van der Waals surface area contributed by atoms with E-state index >= 15 is 0 Å². The standard InChI is InChI=1S/C55H33N3S/c1-2-13-36(14-3-1)55-57-49(33-50(58-55)38-29-30-44-42-19-5-4-17-40(42)41-18-6-7-20-43(41)47(44)32-38)35-27-25-34(26-28-35)37-15-12-16-39(31-37)53-54-52(45-21-8-10-23-48(45)56-53)46-22-9-11-24-51(46)59-54/h1-33H. The third-order valence-electron chi connectivity index (χ3n) is 11.7. The number of rotatable bonds is 5. The molecule has 0 aliphatic heterocycles. The summed E-state index contributed by atoms with van der Waals surface area (Å²) >= 11 is 1.82. The molecule has 0 fully saturated rings. The van der Waals surface area contributed by atoms with Crippen molar-refractivity contribution in [1.29, 1.82) is 0 Å². The molecule has 9 aromatic carbocycles. The van der Waals surface area contributed by atoms with E-state index in [0.717, 1.165) is 56.0 Å². The van der Waals surface area contributed by atoms with Crippen LogP contribution in [0, 0.1) is 0 Å². The van der Waals surface area contributed by atoms with Crippen molar-refractivity contribution in [2.75, 3.05) is 0 Å². The van der Waals surface area contributed by atoms with Gasteiger partial charge in [-0.25, -0.2) is 15.0 Å². The van der Waals surface area contributed by atoms with Gasteiger partial charge in [-0.2, -0.15) is 0 Å². The van der Waals surface area contributed by atoms with Crippen LogP contribution in [0.5, 0.6) is 0 Å². The van der Waals surface area contributed by atoms with E-state index < -0.39 is 0 Å². The van der Waals surface area contributed by atoms with Gasteiger partial charge in [-0.15, -0.1) is 11.3 Å². The Labute approximate surface area is 344 Å². The molecule has 0 aliphatic rings. The van der Waals surface area contributed by atoms with Crippen LogP contribution in [-0.2, 0) is 0 Å². The third-order valence-corrected chi connectivity index (χ3v) is 12.8. The molecule has 0 radical (unpaired) electrons. The summed E-state index contributed by atoms with van der Waals surface area (Å²) < 4.78 is 2.50. The highest BCUT2D eigenvalue weighted by Gasteiger charge is 2.17. The summed E-state index contributed by atoms with van der Waals surface area (Å²) in [6.45, 7) is 0. The largest absolute Gasteiger partial charge is 0.246 e. The number of nitrogens with zero attached hydrogens (tertiary/aromatic N) is 3. The van der Waals surface area contributed by atoms with Crippen molar-refractivity contribution in [3.8, 4) is 56.3 Å². The summed E-state index contributed by atoms with van der Waals surface area (Å²) in [6.07, 6.45) is 0. The van der Waals surface area contributed by atoms with Gasteiger partial charge >= 0.3 is 0 Å². The lowest BCUT2D eigenvalue weighted by Crippen LogP contribution is -1.96. The average molecular weight is 768 g/mol. The fraction of sp³-hybridized carbons (Fsp3) is 0. The molecule has 12 aromatic rings. The van der Waals surface area contributed by atoms with Crippen molar-refractivity contribution in [3.63, 3.8) is 0 Å². The van der Waals surface area contributed by atoms with E-state index in [1.807, 2.05) is 29.5 Å². The van der Waals surface area contributed by atoms with Crippen LogP contribution in [0.4, 0.5) is 0 Å². The Bertz CT molecular complexity index is 3570. The second-order valence-electron chi connectivity index (χ2n) is 15.1. The fourth-order valence-electron chi connectivity index (χ4n) is 8.83.